The van der Waals surface area contributed by atoms with Gasteiger partial charge in [-0.1, -0.05) is 82.4 Å². The first kappa shape index (κ1) is 30.4. The number of quaternary nitrogens is 1. The summed E-state index contributed by atoms with van der Waals surface area (Å²) < 4.78 is 1.09. The Hall–Kier alpha value is -1.36. The maximum absolute atomic E-state index is 6.25. The topological polar surface area (TPSA) is 47.6 Å². The van der Waals surface area contributed by atoms with Gasteiger partial charge >= 0.3 is 22.4 Å². The number of unbranched alkanes of at least 4 members (excludes halogenated alkanes) is 7. The van der Waals surface area contributed by atoms with Crippen LogP contribution in [0.2, 0.25) is 0 Å². The van der Waals surface area contributed by atoms with Crippen LogP contribution in [0.3, 0.4) is 0 Å². The molecule has 0 fully saturated rings. The quantitative estimate of drug-likeness (QED) is 0.134. The molecule has 0 spiro atoms. The second-order valence-electron chi connectivity index (χ2n) is 7.24. The Kier molecular flexibility index (Phi) is 23.6. The van der Waals surface area contributed by atoms with Crippen molar-refractivity contribution in [3.63, 3.8) is 0 Å². The Morgan fingerprint density at radius 3 is 1.74 bits per heavy atom. The summed E-state index contributed by atoms with van der Waals surface area (Å²) >= 11 is 0. The summed E-state index contributed by atoms with van der Waals surface area (Å²) in [6, 6.07) is 8.81. The zero-order valence-corrected chi connectivity index (χ0v) is 19.5. The van der Waals surface area contributed by atoms with E-state index in [0.717, 1.165) is 11.0 Å². The van der Waals surface area contributed by atoms with Gasteiger partial charge in [0, 0.05) is 5.56 Å². The molecular formula is C23H36AuN3. The molecule has 27 heavy (non-hydrogen) atoms. The summed E-state index contributed by atoms with van der Waals surface area (Å²) in [6.45, 7) is 18.0. The maximum Gasteiger partial charge on any atom is 1.00 e. The van der Waals surface area contributed by atoms with Gasteiger partial charge in [0.1, 0.15) is 6.54 Å². The van der Waals surface area contributed by atoms with Crippen molar-refractivity contribution >= 4 is 6.08 Å². The van der Waals surface area contributed by atoms with Crippen molar-refractivity contribution in [1.29, 1.82) is 10.5 Å². The van der Waals surface area contributed by atoms with Gasteiger partial charge in [0.05, 0.1) is 20.6 Å². The zero-order valence-electron chi connectivity index (χ0n) is 17.3. The number of nitrogens with zero attached hydrogens (tertiary/aromatic N) is 3. The van der Waals surface area contributed by atoms with Gasteiger partial charge in [-0.25, -0.2) is 0 Å². The molecule has 0 aliphatic rings. The standard InChI is InChI=1S/C21H36N.2CN.Au/c1-5-7-8-9-10-11-12-13-18-22(3,4)19-21-16-14-20(6-2)15-17-21;2*1-2;/h6,14-17H,2,5,7-13,18-19H2,1,3-4H3;;;/q+1;2*-1;+1. The van der Waals surface area contributed by atoms with Gasteiger partial charge in [-0.3, -0.25) is 0 Å². The smallest absolute Gasteiger partial charge is 0.512 e. The molecule has 0 heterocycles. The second kappa shape index (κ2) is 20.9. The van der Waals surface area contributed by atoms with Crippen LogP contribution in [-0.2, 0) is 28.9 Å². The summed E-state index contributed by atoms with van der Waals surface area (Å²) in [4.78, 5) is 0. The Labute approximate surface area is 183 Å². The SMILES string of the molecule is C=Cc1ccc(C[N+](C)(C)CCCCCCCCCC)cc1.[Au+].[C-]#N.[C-]#N. The largest absolute Gasteiger partial charge is 1.00 e. The van der Waals surface area contributed by atoms with Crippen LogP contribution in [0.1, 0.15) is 69.4 Å². The summed E-state index contributed by atoms with van der Waals surface area (Å²) in [5.74, 6) is 0. The molecule has 0 saturated carbocycles. The minimum Gasteiger partial charge on any atom is -0.512 e. The zero-order chi connectivity index (χ0) is 20.3. The van der Waals surface area contributed by atoms with Gasteiger partial charge in [0.15, 0.2) is 0 Å². The molecule has 0 aromatic heterocycles. The first-order valence-corrected chi connectivity index (χ1v) is 9.55. The van der Waals surface area contributed by atoms with E-state index < -0.39 is 0 Å². The Bertz CT molecular complexity index is 483. The van der Waals surface area contributed by atoms with E-state index in [2.05, 4.69) is 51.9 Å². The first-order valence-electron chi connectivity index (χ1n) is 9.55. The second-order valence-corrected chi connectivity index (χ2v) is 7.24. The molecule has 0 amide bonds. The maximum atomic E-state index is 6.25. The number of rotatable bonds is 12. The van der Waals surface area contributed by atoms with E-state index in [4.69, 9.17) is 23.7 Å². The van der Waals surface area contributed by atoms with Gasteiger partial charge < -0.3 is 28.2 Å². The third-order valence-electron chi connectivity index (χ3n) is 4.44. The van der Waals surface area contributed by atoms with Crippen LogP contribution in [0.5, 0.6) is 0 Å². The van der Waals surface area contributed by atoms with E-state index in [1.807, 2.05) is 6.08 Å². The minimum absolute atomic E-state index is 0. The normalized spacial score (nSPS) is 9.59. The number of hydrogen-bond donors (Lipinski definition) is 0. The van der Waals surface area contributed by atoms with Crippen LogP contribution in [0, 0.1) is 23.7 Å². The van der Waals surface area contributed by atoms with E-state index >= 15 is 0 Å². The number of hydrogen-bond acceptors (Lipinski definition) is 2. The van der Waals surface area contributed by atoms with Crippen LogP contribution >= 0.6 is 0 Å². The summed E-state index contributed by atoms with van der Waals surface area (Å²) in [5, 5.41) is 12.5. The van der Waals surface area contributed by atoms with Gasteiger partial charge in [0.2, 0.25) is 0 Å². The van der Waals surface area contributed by atoms with E-state index in [1.165, 1.54) is 69.0 Å². The van der Waals surface area contributed by atoms with Crippen molar-refractivity contribution in [2.75, 3.05) is 20.6 Å². The van der Waals surface area contributed by atoms with Gasteiger partial charge in [-0.05, 0) is 18.4 Å². The predicted octanol–water partition coefficient (Wildman–Crippen LogP) is 6.24. The van der Waals surface area contributed by atoms with Crippen LogP contribution in [0.15, 0.2) is 30.8 Å². The number of benzene rings is 1. The molecule has 0 aliphatic carbocycles. The fourth-order valence-electron chi connectivity index (χ4n) is 3.01. The minimum atomic E-state index is 0. The van der Waals surface area contributed by atoms with E-state index in [1.54, 1.807) is 0 Å². The van der Waals surface area contributed by atoms with Crippen LogP contribution in [0.25, 0.3) is 6.08 Å². The van der Waals surface area contributed by atoms with Crippen molar-refractivity contribution in [2.45, 2.75) is 64.8 Å². The average molecular weight is 552 g/mol. The van der Waals surface area contributed by atoms with Gasteiger partial charge in [-0.15, -0.1) is 0 Å². The first-order chi connectivity index (χ1) is 12.6. The average Bonchev–Trinajstić information content (AvgIpc) is 2.67. The molecule has 1 rings (SSSR count). The monoisotopic (exact) mass is 551 g/mol. The Morgan fingerprint density at radius 2 is 1.30 bits per heavy atom. The van der Waals surface area contributed by atoms with Crippen LogP contribution in [0.4, 0.5) is 0 Å². The summed E-state index contributed by atoms with van der Waals surface area (Å²) in [6.07, 6.45) is 13.1. The molecule has 1 aromatic rings. The van der Waals surface area contributed by atoms with Crippen molar-refractivity contribution < 1.29 is 26.9 Å². The molecule has 1 aromatic carbocycles. The van der Waals surface area contributed by atoms with E-state index in [9.17, 15) is 0 Å². The van der Waals surface area contributed by atoms with Crippen molar-refractivity contribution in [3.05, 3.63) is 55.1 Å². The molecular weight excluding hydrogens is 515 g/mol. The van der Waals surface area contributed by atoms with Crippen molar-refractivity contribution in [1.82, 2.24) is 0 Å². The van der Waals surface area contributed by atoms with E-state index in [-0.39, 0.29) is 22.4 Å². The van der Waals surface area contributed by atoms with Crippen LogP contribution < -0.4 is 0 Å². The molecule has 0 radical (unpaired) electrons. The fourth-order valence-corrected chi connectivity index (χ4v) is 3.01. The Morgan fingerprint density at radius 1 is 0.852 bits per heavy atom. The molecule has 0 saturated heterocycles. The summed E-state index contributed by atoms with van der Waals surface area (Å²) in [7, 11) is 4.70. The molecule has 3 nitrogen and oxygen atoms in total. The molecule has 0 atom stereocenters. The van der Waals surface area contributed by atoms with E-state index in [0.29, 0.717) is 0 Å². The summed E-state index contributed by atoms with van der Waals surface area (Å²) in [5.41, 5.74) is 2.63. The molecule has 0 N–H and O–H groups in total. The molecule has 0 bridgehead atoms. The Balaban J connectivity index is -0.00000108. The van der Waals surface area contributed by atoms with Gasteiger partial charge in [0.25, 0.3) is 0 Å². The van der Waals surface area contributed by atoms with Crippen molar-refractivity contribution in [2.24, 2.45) is 0 Å². The molecule has 154 valence electrons. The predicted molar refractivity (Wildman–Crippen MR) is 110 cm³/mol. The molecule has 4 heteroatoms. The fraction of sp³-hybridized carbons (Fsp3) is 0.565. The molecule has 0 aliphatic heterocycles. The third-order valence-corrected chi connectivity index (χ3v) is 4.44. The van der Waals surface area contributed by atoms with Gasteiger partial charge in [-0.2, -0.15) is 0 Å². The van der Waals surface area contributed by atoms with Crippen molar-refractivity contribution in [3.8, 4) is 0 Å². The third kappa shape index (κ3) is 17.8. The van der Waals surface area contributed by atoms with Crippen LogP contribution in [-0.4, -0.2) is 25.1 Å². The molecule has 0 unspecified atom stereocenters.